The first-order chi connectivity index (χ1) is 9.52. The molecular formula is C13H10BrF2N3O. The second kappa shape index (κ2) is 5.96. The van der Waals surface area contributed by atoms with Gasteiger partial charge in [0.1, 0.15) is 5.82 Å². The van der Waals surface area contributed by atoms with Gasteiger partial charge in [-0.05, 0) is 24.3 Å². The lowest BCUT2D eigenvalue weighted by Gasteiger charge is -2.09. The molecule has 0 bridgehead atoms. The molecule has 2 rings (SSSR count). The van der Waals surface area contributed by atoms with Gasteiger partial charge in [-0.3, -0.25) is 4.79 Å². The Labute approximate surface area is 122 Å². The molecule has 7 heteroatoms. The van der Waals surface area contributed by atoms with Crippen LogP contribution in [-0.2, 0) is 0 Å². The lowest BCUT2D eigenvalue weighted by molar-refractivity contribution is 0.102. The number of anilines is 2. The SMILES string of the molecule is CNc1nccc(C(=O)Nc2ccc(Br)cc2F)c1F. The maximum Gasteiger partial charge on any atom is 0.258 e. The molecule has 2 aromatic rings. The third-order valence-electron chi connectivity index (χ3n) is 2.55. The molecule has 0 aliphatic heterocycles. The van der Waals surface area contributed by atoms with Crippen LogP contribution in [0.1, 0.15) is 10.4 Å². The summed E-state index contributed by atoms with van der Waals surface area (Å²) in [5.74, 6) is -2.20. The van der Waals surface area contributed by atoms with Gasteiger partial charge in [0, 0.05) is 17.7 Å². The first-order valence-electron chi connectivity index (χ1n) is 5.61. The van der Waals surface area contributed by atoms with Crippen molar-refractivity contribution in [2.24, 2.45) is 0 Å². The van der Waals surface area contributed by atoms with Crippen LogP contribution in [0.25, 0.3) is 0 Å². The van der Waals surface area contributed by atoms with E-state index in [1.807, 2.05) is 0 Å². The van der Waals surface area contributed by atoms with E-state index in [4.69, 9.17) is 0 Å². The summed E-state index contributed by atoms with van der Waals surface area (Å²) in [7, 11) is 1.49. The monoisotopic (exact) mass is 341 g/mol. The summed E-state index contributed by atoms with van der Waals surface area (Å²) in [4.78, 5) is 15.7. The molecule has 1 amide bonds. The summed E-state index contributed by atoms with van der Waals surface area (Å²) < 4.78 is 28.1. The molecule has 1 aromatic carbocycles. The number of benzene rings is 1. The van der Waals surface area contributed by atoms with Crippen LogP contribution in [0.15, 0.2) is 34.9 Å². The normalized spacial score (nSPS) is 10.2. The molecule has 1 aromatic heterocycles. The molecular weight excluding hydrogens is 332 g/mol. The van der Waals surface area contributed by atoms with Crippen LogP contribution in [0, 0.1) is 11.6 Å². The van der Waals surface area contributed by atoms with E-state index in [1.165, 1.54) is 31.4 Å². The zero-order valence-corrected chi connectivity index (χ0v) is 12.0. The summed E-state index contributed by atoms with van der Waals surface area (Å²) in [6.45, 7) is 0. The summed E-state index contributed by atoms with van der Waals surface area (Å²) >= 11 is 3.11. The highest BCUT2D eigenvalue weighted by atomic mass is 79.9. The lowest BCUT2D eigenvalue weighted by atomic mass is 10.2. The smallest absolute Gasteiger partial charge is 0.258 e. The average molecular weight is 342 g/mol. The molecule has 0 saturated heterocycles. The van der Waals surface area contributed by atoms with E-state index < -0.39 is 17.5 Å². The molecule has 0 saturated carbocycles. The largest absolute Gasteiger partial charge is 0.371 e. The number of nitrogens with one attached hydrogen (secondary N) is 2. The fourth-order valence-corrected chi connectivity index (χ4v) is 1.91. The van der Waals surface area contributed by atoms with E-state index >= 15 is 0 Å². The molecule has 0 aliphatic carbocycles. The van der Waals surface area contributed by atoms with Gasteiger partial charge in [-0.2, -0.15) is 0 Å². The van der Waals surface area contributed by atoms with E-state index in [2.05, 4.69) is 31.5 Å². The minimum atomic E-state index is -0.787. The molecule has 104 valence electrons. The minimum Gasteiger partial charge on any atom is -0.371 e. The summed E-state index contributed by atoms with van der Waals surface area (Å²) in [5.41, 5.74) is -0.243. The zero-order valence-electron chi connectivity index (χ0n) is 10.4. The van der Waals surface area contributed by atoms with E-state index in [1.54, 1.807) is 6.07 Å². The molecule has 0 unspecified atom stereocenters. The molecule has 2 N–H and O–H groups in total. The zero-order chi connectivity index (χ0) is 14.7. The van der Waals surface area contributed by atoms with Crippen molar-refractivity contribution in [1.29, 1.82) is 0 Å². The van der Waals surface area contributed by atoms with Gasteiger partial charge in [0.25, 0.3) is 5.91 Å². The molecule has 0 fully saturated rings. The molecule has 1 heterocycles. The Hall–Kier alpha value is -2.02. The maximum absolute atomic E-state index is 13.9. The van der Waals surface area contributed by atoms with Crippen LogP contribution < -0.4 is 10.6 Å². The Kier molecular flexibility index (Phi) is 4.29. The van der Waals surface area contributed by atoms with Crippen molar-refractivity contribution in [3.05, 3.63) is 52.1 Å². The Morgan fingerprint density at radius 3 is 2.70 bits per heavy atom. The van der Waals surface area contributed by atoms with Gasteiger partial charge in [-0.25, -0.2) is 13.8 Å². The number of rotatable bonds is 3. The molecule has 0 radical (unpaired) electrons. The van der Waals surface area contributed by atoms with Crippen LogP contribution >= 0.6 is 15.9 Å². The molecule has 0 aliphatic rings. The number of carbonyl (C=O) groups is 1. The number of nitrogens with zero attached hydrogens (tertiary/aromatic N) is 1. The van der Waals surface area contributed by atoms with Crippen molar-refractivity contribution in [2.75, 3.05) is 17.7 Å². The van der Waals surface area contributed by atoms with Gasteiger partial charge >= 0.3 is 0 Å². The van der Waals surface area contributed by atoms with Crippen LogP contribution in [0.3, 0.4) is 0 Å². The fraction of sp³-hybridized carbons (Fsp3) is 0.0769. The number of aromatic nitrogens is 1. The summed E-state index contributed by atoms with van der Waals surface area (Å²) in [6, 6.07) is 5.38. The second-order valence-corrected chi connectivity index (χ2v) is 4.77. The number of pyridine rings is 1. The quantitative estimate of drug-likeness (QED) is 0.899. The van der Waals surface area contributed by atoms with E-state index in [0.29, 0.717) is 4.47 Å². The number of hydrogen-bond acceptors (Lipinski definition) is 3. The van der Waals surface area contributed by atoms with Crippen molar-refractivity contribution >= 4 is 33.3 Å². The third kappa shape index (κ3) is 2.93. The topological polar surface area (TPSA) is 54.0 Å². The van der Waals surface area contributed by atoms with Crippen molar-refractivity contribution in [3.63, 3.8) is 0 Å². The Balaban J connectivity index is 2.28. The van der Waals surface area contributed by atoms with Gasteiger partial charge in [0.15, 0.2) is 11.6 Å². The van der Waals surface area contributed by atoms with E-state index in [9.17, 15) is 13.6 Å². The van der Waals surface area contributed by atoms with Gasteiger partial charge in [-0.15, -0.1) is 0 Å². The molecule has 20 heavy (non-hydrogen) atoms. The highest BCUT2D eigenvalue weighted by Crippen LogP contribution is 2.21. The Morgan fingerprint density at radius 2 is 2.05 bits per heavy atom. The summed E-state index contributed by atoms with van der Waals surface area (Å²) in [6.07, 6.45) is 1.29. The maximum atomic E-state index is 13.9. The fourth-order valence-electron chi connectivity index (χ4n) is 1.57. The first-order valence-corrected chi connectivity index (χ1v) is 6.41. The van der Waals surface area contributed by atoms with E-state index in [0.717, 1.165) is 0 Å². The predicted molar refractivity (Wildman–Crippen MR) is 75.8 cm³/mol. The molecule has 0 spiro atoms. The van der Waals surface area contributed by atoms with Crippen LogP contribution in [-0.4, -0.2) is 17.9 Å². The number of carbonyl (C=O) groups excluding carboxylic acids is 1. The number of amides is 1. The highest BCUT2D eigenvalue weighted by molar-refractivity contribution is 9.10. The molecule has 0 atom stereocenters. The second-order valence-electron chi connectivity index (χ2n) is 3.85. The van der Waals surface area contributed by atoms with Gasteiger partial charge in [-0.1, -0.05) is 15.9 Å². The third-order valence-corrected chi connectivity index (χ3v) is 3.04. The van der Waals surface area contributed by atoms with Crippen LogP contribution in [0.5, 0.6) is 0 Å². The summed E-state index contributed by atoms with van der Waals surface area (Å²) in [5, 5.41) is 4.84. The van der Waals surface area contributed by atoms with Gasteiger partial charge in [0.05, 0.1) is 11.3 Å². The number of halogens is 3. The minimum absolute atomic E-state index is 0.0274. The Bertz CT molecular complexity index is 664. The van der Waals surface area contributed by atoms with Gasteiger partial charge < -0.3 is 10.6 Å². The van der Waals surface area contributed by atoms with Crippen molar-refractivity contribution in [2.45, 2.75) is 0 Å². The highest BCUT2D eigenvalue weighted by Gasteiger charge is 2.16. The average Bonchev–Trinajstić information content (AvgIpc) is 2.42. The van der Waals surface area contributed by atoms with Crippen molar-refractivity contribution in [3.8, 4) is 0 Å². The van der Waals surface area contributed by atoms with Crippen LogP contribution in [0.2, 0.25) is 0 Å². The van der Waals surface area contributed by atoms with Crippen LogP contribution in [0.4, 0.5) is 20.3 Å². The standard InChI is InChI=1S/C13H10BrF2N3O/c1-17-12-11(16)8(4-5-18-12)13(20)19-10-3-2-7(14)6-9(10)15/h2-6H,1H3,(H,17,18)(H,19,20). The van der Waals surface area contributed by atoms with Crippen molar-refractivity contribution in [1.82, 2.24) is 4.98 Å². The molecule has 4 nitrogen and oxygen atoms in total. The lowest BCUT2D eigenvalue weighted by Crippen LogP contribution is -2.16. The van der Waals surface area contributed by atoms with Crippen molar-refractivity contribution < 1.29 is 13.6 Å². The predicted octanol–water partition coefficient (Wildman–Crippen LogP) is 3.42. The first kappa shape index (κ1) is 14.4. The van der Waals surface area contributed by atoms with Gasteiger partial charge in [0.2, 0.25) is 0 Å². The Morgan fingerprint density at radius 1 is 1.30 bits per heavy atom. The number of hydrogen-bond donors (Lipinski definition) is 2. The van der Waals surface area contributed by atoms with E-state index in [-0.39, 0.29) is 17.1 Å².